The predicted molar refractivity (Wildman–Crippen MR) is 109 cm³/mol. The summed E-state index contributed by atoms with van der Waals surface area (Å²) in [5.41, 5.74) is 3.21. The van der Waals surface area contributed by atoms with Crippen LogP contribution in [-0.2, 0) is 23.0 Å². The first-order valence-electron chi connectivity index (χ1n) is 9.19. The first kappa shape index (κ1) is 20.3. The molecule has 1 aliphatic rings. The van der Waals surface area contributed by atoms with E-state index in [-0.39, 0.29) is 18.3 Å². The zero-order valence-corrected chi connectivity index (χ0v) is 17.0. The Hall–Kier alpha value is -2.47. The van der Waals surface area contributed by atoms with Crippen LogP contribution in [0.5, 0.6) is 0 Å². The minimum atomic E-state index is -3.48. The van der Waals surface area contributed by atoms with Gasteiger partial charge in [0.1, 0.15) is 0 Å². The summed E-state index contributed by atoms with van der Waals surface area (Å²) in [5, 5.41) is 12.6. The highest BCUT2D eigenvalue weighted by Gasteiger charge is 2.33. The van der Waals surface area contributed by atoms with E-state index in [4.69, 9.17) is 0 Å². The number of sulfonamides is 1. The Morgan fingerprint density at radius 1 is 1.36 bits per heavy atom. The number of pyridine rings is 1. The molecule has 8 heteroatoms. The van der Waals surface area contributed by atoms with Crippen molar-refractivity contribution >= 4 is 15.7 Å². The number of hydrogen-bond acceptors (Lipinski definition) is 6. The number of aromatic nitrogens is 1. The lowest BCUT2D eigenvalue weighted by atomic mass is 10.1. The van der Waals surface area contributed by atoms with Crippen molar-refractivity contribution in [2.45, 2.75) is 19.0 Å². The van der Waals surface area contributed by atoms with Gasteiger partial charge in [0.2, 0.25) is 10.0 Å². The second kappa shape index (κ2) is 8.69. The molecule has 0 radical (unpaired) electrons. The molecule has 0 aliphatic carbocycles. The molecule has 1 atom stereocenters. The molecule has 0 bridgehead atoms. The van der Waals surface area contributed by atoms with E-state index in [0.29, 0.717) is 25.1 Å². The highest BCUT2D eigenvalue weighted by Crippen LogP contribution is 2.27. The fraction of sp³-hybridized carbons (Fsp3) is 0.400. The molecule has 0 fully saturated rings. The molecule has 1 unspecified atom stereocenters. The number of nitrogens with zero attached hydrogens (tertiary/aromatic N) is 4. The average molecular weight is 400 g/mol. The summed E-state index contributed by atoms with van der Waals surface area (Å²) in [5.74, 6) is 0.0524. The second-order valence-electron chi connectivity index (χ2n) is 7.25. The molecule has 0 spiro atoms. The van der Waals surface area contributed by atoms with Gasteiger partial charge in [-0.3, -0.25) is 4.98 Å². The van der Waals surface area contributed by atoms with Crippen molar-refractivity contribution in [3.8, 4) is 6.07 Å². The lowest BCUT2D eigenvalue weighted by Gasteiger charge is -2.29. The first-order valence-corrected chi connectivity index (χ1v) is 10.8. The molecule has 2 aromatic rings. The summed E-state index contributed by atoms with van der Waals surface area (Å²) in [6.07, 6.45) is 4.05. The van der Waals surface area contributed by atoms with E-state index in [2.05, 4.69) is 16.4 Å². The van der Waals surface area contributed by atoms with Crippen molar-refractivity contribution in [1.29, 1.82) is 5.26 Å². The van der Waals surface area contributed by atoms with Crippen LogP contribution in [0.3, 0.4) is 0 Å². The molecule has 7 nitrogen and oxygen atoms in total. The van der Waals surface area contributed by atoms with Gasteiger partial charge in [-0.25, -0.2) is 8.42 Å². The summed E-state index contributed by atoms with van der Waals surface area (Å²) < 4.78 is 28.0. The van der Waals surface area contributed by atoms with Gasteiger partial charge in [-0.15, -0.1) is 0 Å². The lowest BCUT2D eigenvalue weighted by Crippen LogP contribution is -2.45. The van der Waals surface area contributed by atoms with Gasteiger partial charge in [-0.05, 0) is 55.9 Å². The molecule has 1 aromatic carbocycles. The van der Waals surface area contributed by atoms with Crippen LogP contribution < -0.4 is 5.32 Å². The highest BCUT2D eigenvalue weighted by molar-refractivity contribution is 7.89. The maximum Gasteiger partial charge on any atom is 0.215 e. The molecule has 1 N–H and O–H groups in total. The fourth-order valence-electron chi connectivity index (χ4n) is 3.30. The minimum Gasteiger partial charge on any atom is -0.383 e. The number of hydrogen-bond donors (Lipinski definition) is 1. The Bertz CT molecular complexity index is 954. The largest absolute Gasteiger partial charge is 0.383 e. The van der Waals surface area contributed by atoms with Gasteiger partial charge < -0.3 is 10.2 Å². The van der Waals surface area contributed by atoms with Crippen LogP contribution in [0.15, 0.2) is 42.7 Å². The molecular weight excluding hydrogens is 374 g/mol. The van der Waals surface area contributed by atoms with Crippen LogP contribution in [0.4, 0.5) is 5.69 Å². The quantitative estimate of drug-likeness (QED) is 0.795. The molecule has 0 saturated carbocycles. The smallest absolute Gasteiger partial charge is 0.215 e. The van der Waals surface area contributed by atoms with Gasteiger partial charge in [0.15, 0.2) is 0 Å². The Kier molecular flexibility index (Phi) is 6.29. The fourth-order valence-corrected chi connectivity index (χ4v) is 5.07. The van der Waals surface area contributed by atoms with Crippen LogP contribution in [0.1, 0.15) is 16.7 Å². The monoisotopic (exact) mass is 399 g/mol. The molecule has 0 saturated heterocycles. The maximum atomic E-state index is 13.2. The van der Waals surface area contributed by atoms with Crippen molar-refractivity contribution in [2.75, 3.05) is 38.3 Å². The number of rotatable bonds is 6. The number of nitriles is 1. The van der Waals surface area contributed by atoms with E-state index < -0.39 is 10.0 Å². The van der Waals surface area contributed by atoms with E-state index in [1.807, 2.05) is 37.2 Å². The molecule has 28 heavy (non-hydrogen) atoms. The standard InChI is InChI=1S/C20H25N5O2S/c1-24(2)8-9-28(26,27)25-15-18-10-16(12-21)5-6-20(18)23-14-19(25)11-17-4-3-7-22-13-17/h3-7,10,13,19,23H,8-9,11,14-15H2,1-2H3. The number of nitrogens with one attached hydrogen (secondary N) is 1. The van der Waals surface area contributed by atoms with E-state index >= 15 is 0 Å². The van der Waals surface area contributed by atoms with Crippen LogP contribution in [-0.4, -0.2) is 61.6 Å². The number of benzene rings is 1. The van der Waals surface area contributed by atoms with Crippen LogP contribution >= 0.6 is 0 Å². The highest BCUT2D eigenvalue weighted by atomic mass is 32.2. The molecule has 1 aromatic heterocycles. The molecule has 3 rings (SSSR count). The van der Waals surface area contributed by atoms with E-state index in [9.17, 15) is 13.7 Å². The Labute approximate surface area is 166 Å². The van der Waals surface area contributed by atoms with Crippen LogP contribution in [0.25, 0.3) is 0 Å². The van der Waals surface area contributed by atoms with E-state index in [1.54, 1.807) is 28.8 Å². The second-order valence-corrected chi connectivity index (χ2v) is 9.29. The van der Waals surface area contributed by atoms with Crippen molar-refractivity contribution in [3.05, 3.63) is 59.4 Å². The molecule has 1 aliphatic heterocycles. The van der Waals surface area contributed by atoms with Crippen LogP contribution in [0, 0.1) is 11.3 Å². The van der Waals surface area contributed by atoms with E-state index in [0.717, 1.165) is 16.8 Å². The van der Waals surface area contributed by atoms with Crippen molar-refractivity contribution in [3.63, 3.8) is 0 Å². The third-order valence-electron chi connectivity index (χ3n) is 4.84. The summed E-state index contributed by atoms with van der Waals surface area (Å²) in [6.45, 7) is 1.20. The summed E-state index contributed by atoms with van der Waals surface area (Å²) in [7, 11) is 0.240. The van der Waals surface area contributed by atoms with E-state index in [1.165, 1.54) is 0 Å². The Balaban J connectivity index is 1.94. The molecule has 2 heterocycles. The third-order valence-corrected chi connectivity index (χ3v) is 6.68. The molecule has 148 valence electrons. The Morgan fingerprint density at radius 3 is 2.86 bits per heavy atom. The summed E-state index contributed by atoms with van der Waals surface area (Å²) in [4.78, 5) is 6.02. The zero-order chi connectivity index (χ0) is 20.1. The SMILES string of the molecule is CN(C)CCS(=O)(=O)N1Cc2cc(C#N)ccc2NCC1Cc1cccnc1. The normalized spacial score (nSPS) is 17.4. The van der Waals surface area contributed by atoms with Crippen molar-refractivity contribution in [1.82, 2.24) is 14.2 Å². The lowest BCUT2D eigenvalue weighted by molar-refractivity contribution is 0.322. The zero-order valence-electron chi connectivity index (χ0n) is 16.2. The first-order chi connectivity index (χ1) is 13.4. The average Bonchev–Trinajstić information content (AvgIpc) is 2.87. The van der Waals surface area contributed by atoms with Gasteiger partial charge >= 0.3 is 0 Å². The number of anilines is 1. The van der Waals surface area contributed by atoms with Gasteiger partial charge in [0.25, 0.3) is 0 Å². The van der Waals surface area contributed by atoms with Gasteiger partial charge in [-0.2, -0.15) is 9.57 Å². The predicted octanol–water partition coefficient (Wildman–Crippen LogP) is 1.68. The molecule has 0 amide bonds. The van der Waals surface area contributed by atoms with Crippen LogP contribution in [0.2, 0.25) is 0 Å². The Morgan fingerprint density at radius 2 is 2.18 bits per heavy atom. The maximum absolute atomic E-state index is 13.2. The van der Waals surface area contributed by atoms with Gasteiger partial charge in [-0.1, -0.05) is 6.07 Å². The third kappa shape index (κ3) is 4.87. The van der Waals surface area contributed by atoms with Crippen molar-refractivity contribution in [2.24, 2.45) is 0 Å². The van der Waals surface area contributed by atoms with Gasteiger partial charge in [0, 0.05) is 43.8 Å². The molecular formula is C20H25N5O2S. The summed E-state index contributed by atoms with van der Waals surface area (Å²) in [6, 6.07) is 11.1. The van der Waals surface area contributed by atoms with Crippen molar-refractivity contribution < 1.29 is 8.42 Å². The topological polar surface area (TPSA) is 89.3 Å². The number of fused-ring (bicyclic) bond motifs is 1. The minimum absolute atomic E-state index is 0.0524. The van der Waals surface area contributed by atoms with Gasteiger partial charge in [0.05, 0.1) is 17.4 Å². The summed E-state index contributed by atoms with van der Waals surface area (Å²) >= 11 is 0.